The van der Waals surface area contributed by atoms with Gasteiger partial charge in [0.1, 0.15) is 0 Å². The third-order valence-electron chi connectivity index (χ3n) is 3.14. The van der Waals surface area contributed by atoms with Crippen LogP contribution in [0.4, 0.5) is 0 Å². The first-order chi connectivity index (χ1) is 9.33. The predicted octanol–water partition coefficient (Wildman–Crippen LogP) is 2.00. The van der Waals surface area contributed by atoms with Gasteiger partial charge in [0, 0.05) is 6.54 Å². The van der Waals surface area contributed by atoms with Gasteiger partial charge in [-0.15, -0.1) is 0 Å². The quantitative estimate of drug-likeness (QED) is 0.742. The molecule has 0 saturated heterocycles. The molecule has 2 aromatic carbocycles. The molecule has 19 heavy (non-hydrogen) atoms. The van der Waals surface area contributed by atoms with Gasteiger partial charge in [-0.1, -0.05) is 54.6 Å². The molecule has 0 radical (unpaired) electrons. The smallest absolute Gasteiger partial charge is 0.0681 e. The van der Waals surface area contributed by atoms with Crippen molar-refractivity contribution in [3.05, 3.63) is 71.3 Å². The zero-order chi connectivity index (χ0) is 13.5. The third-order valence-corrected chi connectivity index (χ3v) is 3.14. The summed E-state index contributed by atoms with van der Waals surface area (Å²) in [5.41, 5.74) is 3.12. The highest BCUT2D eigenvalue weighted by atomic mass is 16.3. The second kappa shape index (κ2) is 7.04. The van der Waals surface area contributed by atoms with E-state index in [2.05, 4.69) is 5.32 Å². The van der Waals surface area contributed by atoms with Crippen LogP contribution >= 0.6 is 0 Å². The van der Waals surface area contributed by atoms with Crippen LogP contribution < -0.4 is 5.32 Å². The molecule has 3 N–H and O–H groups in total. The highest BCUT2D eigenvalue weighted by Crippen LogP contribution is 2.13. The van der Waals surface area contributed by atoms with E-state index >= 15 is 0 Å². The maximum Gasteiger partial charge on any atom is 0.0681 e. The van der Waals surface area contributed by atoms with E-state index in [1.807, 2.05) is 54.6 Å². The molecule has 1 atom stereocenters. The fraction of sp³-hybridized carbons (Fsp3) is 0.250. The topological polar surface area (TPSA) is 52.5 Å². The molecule has 0 bridgehead atoms. The molecule has 0 heterocycles. The highest BCUT2D eigenvalue weighted by Gasteiger charge is 2.08. The summed E-state index contributed by atoms with van der Waals surface area (Å²) in [6.07, 6.45) is 0. The summed E-state index contributed by atoms with van der Waals surface area (Å²) >= 11 is 0. The first kappa shape index (κ1) is 13.7. The number of rotatable bonds is 6. The minimum atomic E-state index is -0.0567. The van der Waals surface area contributed by atoms with Crippen molar-refractivity contribution in [2.45, 2.75) is 19.2 Å². The number of nitrogens with one attached hydrogen (secondary N) is 1. The lowest BCUT2D eigenvalue weighted by molar-refractivity contribution is 0.243. The Morgan fingerprint density at radius 1 is 0.842 bits per heavy atom. The molecular formula is C16H19NO2. The van der Waals surface area contributed by atoms with Gasteiger partial charge in [-0.25, -0.2) is 0 Å². The summed E-state index contributed by atoms with van der Waals surface area (Å²) in [5.74, 6) is 0. The average molecular weight is 257 g/mol. The van der Waals surface area contributed by atoms with Crippen LogP contribution in [0.25, 0.3) is 0 Å². The largest absolute Gasteiger partial charge is 0.394 e. The van der Waals surface area contributed by atoms with Crippen LogP contribution in [0.2, 0.25) is 0 Å². The lowest BCUT2D eigenvalue weighted by atomic mass is 10.1. The van der Waals surface area contributed by atoms with Crippen molar-refractivity contribution in [1.82, 2.24) is 5.32 Å². The van der Waals surface area contributed by atoms with Gasteiger partial charge in [-0.05, 0) is 16.7 Å². The van der Waals surface area contributed by atoms with Gasteiger partial charge in [0.25, 0.3) is 0 Å². The Morgan fingerprint density at radius 3 is 2.05 bits per heavy atom. The second-order valence-corrected chi connectivity index (χ2v) is 4.50. The summed E-state index contributed by atoms with van der Waals surface area (Å²) in [7, 11) is 0. The number of aliphatic hydroxyl groups excluding tert-OH is 2. The van der Waals surface area contributed by atoms with E-state index < -0.39 is 0 Å². The molecule has 0 aliphatic rings. The van der Waals surface area contributed by atoms with E-state index in [1.54, 1.807) is 0 Å². The molecule has 0 amide bonds. The van der Waals surface area contributed by atoms with E-state index in [1.165, 1.54) is 0 Å². The molecule has 1 unspecified atom stereocenters. The average Bonchev–Trinajstić information content (AvgIpc) is 2.49. The summed E-state index contributed by atoms with van der Waals surface area (Å²) in [5, 5.41) is 21.8. The molecule has 100 valence electrons. The first-order valence-electron chi connectivity index (χ1n) is 6.41. The standard InChI is InChI=1S/C16H19NO2/c18-11-14-8-6-13(7-9-14)10-17-16(12-19)15-4-2-1-3-5-15/h1-9,16-19H,10-12H2. The normalized spacial score (nSPS) is 12.3. The Balaban J connectivity index is 1.96. The van der Waals surface area contributed by atoms with Crippen molar-refractivity contribution in [3.8, 4) is 0 Å². The second-order valence-electron chi connectivity index (χ2n) is 4.50. The van der Waals surface area contributed by atoms with Gasteiger partial charge in [-0.2, -0.15) is 0 Å². The Labute approximate surface area is 113 Å². The molecule has 3 heteroatoms. The van der Waals surface area contributed by atoms with Crippen molar-refractivity contribution in [3.63, 3.8) is 0 Å². The minimum absolute atomic E-state index is 0.0567. The Hall–Kier alpha value is -1.68. The summed E-state index contributed by atoms with van der Waals surface area (Å²) in [4.78, 5) is 0. The Bertz CT molecular complexity index is 482. The van der Waals surface area contributed by atoms with E-state index in [0.29, 0.717) is 6.54 Å². The predicted molar refractivity (Wildman–Crippen MR) is 75.5 cm³/mol. The monoisotopic (exact) mass is 257 g/mol. The summed E-state index contributed by atoms with van der Waals surface area (Å²) in [6.45, 7) is 0.821. The maximum absolute atomic E-state index is 9.44. The number of aliphatic hydroxyl groups is 2. The maximum atomic E-state index is 9.44. The van der Waals surface area contributed by atoms with Crippen LogP contribution in [-0.4, -0.2) is 16.8 Å². The molecule has 0 fully saturated rings. The zero-order valence-corrected chi connectivity index (χ0v) is 10.8. The van der Waals surface area contributed by atoms with Crippen LogP contribution in [0.15, 0.2) is 54.6 Å². The fourth-order valence-corrected chi connectivity index (χ4v) is 1.98. The summed E-state index contributed by atoms with van der Waals surface area (Å²) < 4.78 is 0. The van der Waals surface area contributed by atoms with E-state index in [-0.39, 0.29) is 19.3 Å². The van der Waals surface area contributed by atoms with Gasteiger partial charge < -0.3 is 15.5 Å². The molecule has 0 spiro atoms. The van der Waals surface area contributed by atoms with Gasteiger partial charge >= 0.3 is 0 Å². The Kier molecular flexibility index (Phi) is 5.10. The molecule has 0 saturated carbocycles. The lowest BCUT2D eigenvalue weighted by Crippen LogP contribution is -2.23. The number of hydrogen-bond donors (Lipinski definition) is 3. The van der Waals surface area contributed by atoms with Crippen molar-refractivity contribution >= 4 is 0 Å². The van der Waals surface area contributed by atoms with Gasteiger partial charge in [0.15, 0.2) is 0 Å². The lowest BCUT2D eigenvalue weighted by Gasteiger charge is -2.16. The number of hydrogen-bond acceptors (Lipinski definition) is 3. The van der Waals surface area contributed by atoms with E-state index in [9.17, 15) is 5.11 Å². The SMILES string of the molecule is OCc1ccc(CNC(CO)c2ccccc2)cc1. The van der Waals surface area contributed by atoms with Crippen LogP contribution in [-0.2, 0) is 13.2 Å². The van der Waals surface area contributed by atoms with Gasteiger partial charge in [-0.3, -0.25) is 0 Å². The minimum Gasteiger partial charge on any atom is -0.394 e. The van der Waals surface area contributed by atoms with Crippen molar-refractivity contribution in [2.75, 3.05) is 6.61 Å². The third kappa shape index (κ3) is 3.89. The molecular weight excluding hydrogens is 238 g/mol. The number of benzene rings is 2. The molecule has 2 aromatic rings. The van der Waals surface area contributed by atoms with E-state index in [0.717, 1.165) is 16.7 Å². The van der Waals surface area contributed by atoms with Crippen molar-refractivity contribution in [1.29, 1.82) is 0 Å². The van der Waals surface area contributed by atoms with Crippen molar-refractivity contribution < 1.29 is 10.2 Å². The zero-order valence-electron chi connectivity index (χ0n) is 10.8. The fourth-order valence-electron chi connectivity index (χ4n) is 1.98. The Morgan fingerprint density at radius 2 is 1.47 bits per heavy atom. The molecule has 0 aliphatic carbocycles. The first-order valence-corrected chi connectivity index (χ1v) is 6.41. The molecule has 3 nitrogen and oxygen atoms in total. The molecule has 0 aromatic heterocycles. The van der Waals surface area contributed by atoms with Crippen LogP contribution in [0.3, 0.4) is 0 Å². The van der Waals surface area contributed by atoms with Crippen LogP contribution in [0.1, 0.15) is 22.7 Å². The van der Waals surface area contributed by atoms with Gasteiger partial charge in [0.2, 0.25) is 0 Å². The molecule has 0 aliphatic heterocycles. The van der Waals surface area contributed by atoms with E-state index in [4.69, 9.17) is 5.11 Å². The van der Waals surface area contributed by atoms with Crippen LogP contribution in [0.5, 0.6) is 0 Å². The highest BCUT2D eigenvalue weighted by molar-refractivity contribution is 5.23. The summed E-state index contributed by atoms with van der Waals surface area (Å²) in [6, 6.07) is 17.6. The molecule has 2 rings (SSSR count). The van der Waals surface area contributed by atoms with Crippen LogP contribution in [0, 0.1) is 0 Å². The van der Waals surface area contributed by atoms with Gasteiger partial charge in [0.05, 0.1) is 19.3 Å². The van der Waals surface area contributed by atoms with Crippen molar-refractivity contribution in [2.24, 2.45) is 0 Å².